The number of nitrogens with one attached hydrogen (secondary N) is 1. The molecule has 0 aromatic heterocycles. The molecule has 1 unspecified atom stereocenters. The molecule has 3 rings (SSSR count). The standard InChI is InChI=1S/C17H18FNO2/c1-12(19-15-4-2-3-14(18)10-15)5-6-13-7-8-16-17(9-13)21-11-20-16/h2-4,7-10,12,19H,5-6,11H2,1H3. The summed E-state index contributed by atoms with van der Waals surface area (Å²) >= 11 is 0. The lowest BCUT2D eigenvalue weighted by atomic mass is 10.1. The van der Waals surface area contributed by atoms with E-state index in [1.165, 1.54) is 17.7 Å². The van der Waals surface area contributed by atoms with Crippen LogP contribution in [0.1, 0.15) is 18.9 Å². The third-order valence-electron chi connectivity index (χ3n) is 3.54. The Balaban J connectivity index is 1.55. The highest BCUT2D eigenvalue weighted by Crippen LogP contribution is 2.32. The fraction of sp³-hybridized carbons (Fsp3) is 0.294. The third kappa shape index (κ3) is 3.45. The van der Waals surface area contributed by atoms with Gasteiger partial charge in [-0.1, -0.05) is 12.1 Å². The average Bonchev–Trinajstić information content (AvgIpc) is 2.92. The Labute approximate surface area is 123 Å². The van der Waals surface area contributed by atoms with Crippen molar-refractivity contribution in [3.8, 4) is 11.5 Å². The molecular weight excluding hydrogens is 269 g/mol. The molecule has 2 aromatic rings. The second kappa shape index (κ2) is 6.04. The zero-order chi connectivity index (χ0) is 14.7. The number of fused-ring (bicyclic) bond motifs is 1. The van der Waals surface area contributed by atoms with Crippen LogP contribution in [0.4, 0.5) is 10.1 Å². The fourth-order valence-electron chi connectivity index (χ4n) is 2.41. The number of halogens is 1. The summed E-state index contributed by atoms with van der Waals surface area (Å²) in [5.41, 5.74) is 2.03. The van der Waals surface area contributed by atoms with Gasteiger partial charge in [0.1, 0.15) is 5.82 Å². The van der Waals surface area contributed by atoms with Gasteiger partial charge >= 0.3 is 0 Å². The minimum atomic E-state index is -0.219. The van der Waals surface area contributed by atoms with Gasteiger partial charge in [0.25, 0.3) is 0 Å². The third-order valence-corrected chi connectivity index (χ3v) is 3.54. The summed E-state index contributed by atoms with van der Waals surface area (Å²) in [4.78, 5) is 0. The van der Waals surface area contributed by atoms with Crippen molar-refractivity contribution in [3.63, 3.8) is 0 Å². The van der Waals surface area contributed by atoms with Crippen molar-refractivity contribution in [2.45, 2.75) is 25.8 Å². The molecule has 4 heteroatoms. The summed E-state index contributed by atoms with van der Waals surface area (Å²) in [6.07, 6.45) is 1.89. The lowest BCUT2D eigenvalue weighted by Gasteiger charge is -2.15. The summed E-state index contributed by atoms with van der Waals surface area (Å²) in [7, 11) is 0. The zero-order valence-corrected chi connectivity index (χ0v) is 11.9. The van der Waals surface area contributed by atoms with Crippen molar-refractivity contribution in [2.75, 3.05) is 12.1 Å². The highest BCUT2D eigenvalue weighted by molar-refractivity contribution is 5.45. The molecule has 0 saturated heterocycles. The van der Waals surface area contributed by atoms with Gasteiger partial charge in [-0.2, -0.15) is 0 Å². The van der Waals surface area contributed by atoms with Crippen LogP contribution in [0.2, 0.25) is 0 Å². The Bertz CT molecular complexity index is 630. The van der Waals surface area contributed by atoms with Crippen LogP contribution in [0.15, 0.2) is 42.5 Å². The van der Waals surface area contributed by atoms with Gasteiger partial charge in [0.15, 0.2) is 11.5 Å². The minimum absolute atomic E-state index is 0.219. The first kappa shape index (κ1) is 13.7. The van der Waals surface area contributed by atoms with Gasteiger partial charge in [-0.05, 0) is 55.7 Å². The maximum atomic E-state index is 13.1. The minimum Gasteiger partial charge on any atom is -0.454 e. The van der Waals surface area contributed by atoms with Crippen LogP contribution in [0.3, 0.4) is 0 Å². The van der Waals surface area contributed by atoms with Gasteiger partial charge in [-0.3, -0.25) is 0 Å². The van der Waals surface area contributed by atoms with Crippen LogP contribution >= 0.6 is 0 Å². The van der Waals surface area contributed by atoms with Crippen molar-refractivity contribution < 1.29 is 13.9 Å². The molecule has 0 spiro atoms. The van der Waals surface area contributed by atoms with Gasteiger partial charge in [0.2, 0.25) is 6.79 Å². The Morgan fingerprint density at radius 3 is 2.86 bits per heavy atom. The van der Waals surface area contributed by atoms with Crippen LogP contribution in [0.5, 0.6) is 11.5 Å². The van der Waals surface area contributed by atoms with Gasteiger partial charge in [-0.15, -0.1) is 0 Å². The van der Waals surface area contributed by atoms with E-state index in [4.69, 9.17) is 9.47 Å². The molecule has 1 aliphatic rings. The SMILES string of the molecule is CC(CCc1ccc2c(c1)OCO2)Nc1cccc(F)c1. The smallest absolute Gasteiger partial charge is 0.231 e. The van der Waals surface area contributed by atoms with Crippen LogP contribution in [-0.4, -0.2) is 12.8 Å². The van der Waals surface area contributed by atoms with E-state index >= 15 is 0 Å². The molecule has 1 N–H and O–H groups in total. The van der Waals surface area contributed by atoms with Gasteiger partial charge in [0, 0.05) is 11.7 Å². The zero-order valence-electron chi connectivity index (χ0n) is 11.9. The van der Waals surface area contributed by atoms with Crippen LogP contribution < -0.4 is 14.8 Å². The molecule has 110 valence electrons. The van der Waals surface area contributed by atoms with Crippen molar-refractivity contribution in [1.29, 1.82) is 0 Å². The molecule has 0 radical (unpaired) electrons. The summed E-state index contributed by atoms with van der Waals surface area (Å²) < 4.78 is 23.8. The predicted molar refractivity (Wildman–Crippen MR) is 80.4 cm³/mol. The Morgan fingerprint density at radius 2 is 2.00 bits per heavy atom. The highest BCUT2D eigenvalue weighted by atomic mass is 19.1. The summed E-state index contributed by atoms with van der Waals surface area (Å²) in [6.45, 7) is 2.40. The molecule has 1 heterocycles. The van der Waals surface area contributed by atoms with Crippen molar-refractivity contribution in [1.82, 2.24) is 0 Å². The number of rotatable bonds is 5. The number of anilines is 1. The van der Waals surface area contributed by atoms with E-state index in [0.717, 1.165) is 30.0 Å². The molecule has 0 aliphatic carbocycles. The summed E-state index contributed by atoms with van der Waals surface area (Å²) in [6, 6.07) is 12.8. The van der Waals surface area contributed by atoms with Gasteiger partial charge < -0.3 is 14.8 Å². The van der Waals surface area contributed by atoms with E-state index in [9.17, 15) is 4.39 Å². The van der Waals surface area contributed by atoms with E-state index in [1.54, 1.807) is 6.07 Å². The largest absolute Gasteiger partial charge is 0.454 e. The average molecular weight is 287 g/mol. The highest BCUT2D eigenvalue weighted by Gasteiger charge is 2.13. The van der Waals surface area contributed by atoms with Crippen LogP contribution in [0.25, 0.3) is 0 Å². The molecular formula is C17H18FNO2. The van der Waals surface area contributed by atoms with Crippen molar-refractivity contribution >= 4 is 5.69 Å². The molecule has 2 aromatic carbocycles. The number of ether oxygens (including phenoxy) is 2. The van der Waals surface area contributed by atoms with E-state index < -0.39 is 0 Å². The number of hydrogen-bond acceptors (Lipinski definition) is 3. The first-order valence-electron chi connectivity index (χ1n) is 7.11. The summed E-state index contributed by atoms with van der Waals surface area (Å²) in [5, 5.41) is 3.31. The summed E-state index contributed by atoms with van der Waals surface area (Å²) in [5.74, 6) is 1.41. The molecule has 21 heavy (non-hydrogen) atoms. The lowest BCUT2D eigenvalue weighted by molar-refractivity contribution is 0.174. The van der Waals surface area contributed by atoms with E-state index in [0.29, 0.717) is 6.79 Å². The first-order valence-corrected chi connectivity index (χ1v) is 7.11. The first-order chi connectivity index (χ1) is 10.2. The molecule has 3 nitrogen and oxygen atoms in total. The Hall–Kier alpha value is -2.23. The number of hydrogen-bond donors (Lipinski definition) is 1. The second-order valence-electron chi connectivity index (χ2n) is 5.28. The normalized spacial score (nSPS) is 14.0. The number of benzene rings is 2. The molecule has 1 atom stereocenters. The molecule has 1 aliphatic heterocycles. The topological polar surface area (TPSA) is 30.5 Å². The quantitative estimate of drug-likeness (QED) is 0.902. The maximum Gasteiger partial charge on any atom is 0.231 e. The van der Waals surface area contributed by atoms with Crippen LogP contribution in [0, 0.1) is 5.82 Å². The maximum absolute atomic E-state index is 13.1. The fourth-order valence-corrected chi connectivity index (χ4v) is 2.41. The van der Waals surface area contributed by atoms with E-state index in [2.05, 4.69) is 18.3 Å². The molecule has 0 saturated carbocycles. The van der Waals surface area contributed by atoms with Crippen LogP contribution in [-0.2, 0) is 6.42 Å². The van der Waals surface area contributed by atoms with Gasteiger partial charge in [0.05, 0.1) is 0 Å². The van der Waals surface area contributed by atoms with E-state index in [-0.39, 0.29) is 11.9 Å². The Morgan fingerprint density at radius 1 is 1.14 bits per heavy atom. The number of aryl methyl sites for hydroxylation is 1. The molecule has 0 amide bonds. The van der Waals surface area contributed by atoms with E-state index in [1.807, 2.05) is 18.2 Å². The lowest BCUT2D eigenvalue weighted by Crippen LogP contribution is -2.16. The van der Waals surface area contributed by atoms with Crippen molar-refractivity contribution in [3.05, 3.63) is 53.8 Å². The van der Waals surface area contributed by atoms with Crippen molar-refractivity contribution in [2.24, 2.45) is 0 Å². The second-order valence-corrected chi connectivity index (χ2v) is 5.28. The molecule has 0 fully saturated rings. The molecule has 0 bridgehead atoms. The van der Waals surface area contributed by atoms with Gasteiger partial charge in [-0.25, -0.2) is 4.39 Å². The predicted octanol–water partition coefficient (Wildman–Crippen LogP) is 3.99. The monoisotopic (exact) mass is 287 g/mol. The Kier molecular flexibility index (Phi) is 3.95.